The molecule has 0 aromatic heterocycles. The second-order valence-corrected chi connectivity index (χ2v) is 5.96. The summed E-state index contributed by atoms with van der Waals surface area (Å²) in [6, 6.07) is 7.34. The highest BCUT2D eigenvalue weighted by Crippen LogP contribution is 2.31. The zero-order valence-electron chi connectivity index (χ0n) is 11.6. The largest absolute Gasteiger partial charge is 0.382 e. The molecule has 0 bridgehead atoms. The van der Waals surface area contributed by atoms with E-state index in [0.29, 0.717) is 6.04 Å². The number of anilines is 1. The van der Waals surface area contributed by atoms with Gasteiger partial charge in [0.1, 0.15) is 0 Å². The first-order chi connectivity index (χ1) is 8.06. The van der Waals surface area contributed by atoms with Gasteiger partial charge in [0.15, 0.2) is 0 Å². The van der Waals surface area contributed by atoms with Crippen LogP contribution in [0.15, 0.2) is 18.2 Å². The molecule has 0 heterocycles. The van der Waals surface area contributed by atoms with Gasteiger partial charge in [-0.3, -0.25) is 0 Å². The van der Waals surface area contributed by atoms with Gasteiger partial charge in [-0.1, -0.05) is 26.0 Å². The fraction of sp³-hybridized carbons (Fsp3) is 0.625. The summed E-state index contributed by atoms with van der Waals surface area (Å²) in [5.74, 6) is 1.69. The van der Waals surface area contributed by atoms with Gasteiger partial charge in [-0.15, -0.1) is 0 Å². The molecule has 1 N–H and O–H groups in total. The van der Waals surface area contributed by atoms with Gasteiger partial charge in [0.25, 0.3) is 0 Å². The van der Waals surface area contributed by atoms with E-state index in [1.807, 2.05) is 0 Å². The molecule has 0 saturated heterocycles. The topological polar surface area (TPSA) is 12.0 Å². The molecule has 0 radical (unpaired) electrons. The van der Waals surface area contributed by atoms with Crippen molar-refractivity contribution in [3.8, 4) is 0 Å². The average Bonchev–Trinajstić information content (AvgIpc) is 2.27. The number of nitrogens with one attached hydrogen (secondary N) is 1. The summed E-state index contributed by atoms with van der Waals surface area (Å²) >= 11 is 0. The lowest BCUT2D eigenvalue weighted by Crippen LogP contribution is -2.33. The third kappa shape index (κ3) is 3.02. The normalized spacial score (nSPS) is 29.1. The maximum atomic E-state index is 3.76. The summed E-state index contributed by atoms with van der Waals surface area (Å²) in [7, 11) is 0. The van der Waals surface area contributed by atoms with Crippen LogP contribution in [0.5, 0.6) is 0 Å². The smallest absolute Gasteiger partial charge is 0.0374 e. The first-order valence-corrected chi connectivity index (χ1v) is 6.90. The molecular formula is C16H25N. The van der Waals surface area contributed by atoms with Crippen molar-refractivity contribution in [1.82, 2.24) is 0 Å². The zero-order valence-corrected chi connectivity index (χ0v) is 11.6. The Labute approximate surface area is 106 Å². The molecule has 2 rings (SSSR count). The van der Waals surface area contributed by atoms with Crippen LogP contribution in [0.25, 0.3) is 0 Å². The van der Waals surface area contributed by atoms with E-state index in [4.69, 9.17) is 0 Å². The van der Waals surface area contributed by atoms with E-state index in [9.17, 15) is 0 Å². The molecule has 17 heavy (non-hydrogen) atoms. The lowest BCUT2D eigenvalue weighted by atomic mass is 9.79. The Kier molecular flexibility index (Phi) is 3.76. The Morgan fingerprint density at radius 2 is 1.88 bits per heavy atom. The van der Waals surface area contributed by atoms with Crippen molar-refractivity contribution >= 4 is 5.69 Å². The lowest BCUT2D eigenvalue weighted by molar-refractivity contribution is 0.276. The highest BCUT2D eigenvalue weighted by molar-refractivity contribution is 5.53. The van der Waals surface area contributed by atoms with E-state index in [2.05, 4.69) is 51.2 Å². The van der Waals surface area contributed by atoms with E-state index < -0.39 is 0 Å². The molecule has 1 aromatic rings. The minimum Gasteiger partial charge on any atom is -0.382 e. The number of hydrogen-bond acceptors (Lipinski definition) is 1. The number of hydrogen-bond donors (Lipinski definition) is 1. The van der Waals surface area contributed by atoms with Gasteiger partial charge < -0.3 is 5.32 Å². The van der Waals surface area contributed by atoms with Crippen molar-refractivity contribution in [1.29, 1.82) is 0 Å². The van der Waals surface area contributed by atoms with E-state index in [1.165, 1.54) is 36.1 Å². The molecule has 1 aliphatic carbocycles. The summed E-state index contributed by atoms with van der Waals surface area (Å²) < 4.78 is 0. The van der Waals surface area contributed by atoms with Crippen LogP contribution in [0.4, 0.5) is 5.69 Å². The lowest BCUT2D eigenvalue weighted by Gasteiger charge is -2.34. The summed E-state index contributed by atoms with van der Waals surface area (Å²) in [5.41, 5.74) is 4.03. The van der Waals surface area contributed by atoms with Crippen molar-refractivity contribution in [3.63, 3.8) is 0 Å². The maximum Gasteiger partial charge on any atom is 0.0374 e. The molecule has 3 unspecified atom stereocenters. The van der Waals surface area contributed by atoms with Crippen LogP contribution >= 0.6 is 0 Å². The van der Waals surface area contributed by atoms with Gasteiger partial charge in [0, 0.05) is 11.7 Å². The first kappa shape index (κ1) is 12.5. The van der Waals surface area contributed by atoms with Gasteiger partial charge in [0.2, 0.25) is 0 Å². The quantitative estimate of drug-likeness (QED) is 0.788. The SMILES string of the molecule is Cc1ccc(C)c(NC2CCC(C)CC2C)c1. The van der Waals surface area contributed by atoms with Crippen LogP contribution < -0.4 is 5.32 Å². The summed E-state index contributed by atoms with van der Waals surface area (Å²) in [4.78, 5) is 0. The van der Waals surface area contributed by atoms with Gasteiger partial charge in [-0.05, 0) is 62.1 Å². The van der Waals surface area contributed by atoms with Crippen LogP contribution in [0.3, 0.4) is 0 Å². The molecule has 0 amide bonds. The minimum atomic E-state index is 0.659. The van der Waals surface area contributed by atoms with Crippen molar-refractivity contribution in [2.45, 2.75) is 53.0 Å². The van der Waals surface area contributed by atoms with E-state index >= 15 is 0 Å². The Morgan fingerprint density at radius 3 is 2.59 bits per heavy atom. The van der Waals surface area contributed by atoms with Crippen molar-refractivity contribution in [2.24, 2.45) is 11.8 Å². The standard InChI is InChI=1S/C16H25N/c1-11-6-8-15(14(4)9-11)17-16-10-12(2)5-7-13(16)3/h5,7,10-11,14-15,17H,6,8-9H2,1-4H3. The van der Waals surface area contributed by atoms with Gasteiger partial charge in [0.05, 0.1) is 0 Å². The van der Waals surface area contributed by atoms with Crippen molar-refractivity contribution in [2.75, 3.05) is 5.32 Å². The highest BCUT2D eigenvalue weighted by Gasteiger charge is 2.25. The fourth-order valence-electron chi connectivity index (χ4n) is 2.97. The van der Waals surface area contributed by atoms with Gasteiger partial charge >= 0.3 is 0 Å². The van der Waals surface area contributed by atoms with Crippen LogP contribution in [0.2, 0.25) is 0 Å². The summed E-state index contributed by atoms with van der Waals surface area (Å²) in [6.45, 7) is 9.12. The molecule has 94 valence electrons. The third-order valence-electron chi connectivity index (χ3n) is 4.17. The average molecular weight is 231 g/mol. The van der Waals surface area contributed by atoms with E-state index in [0.717, 1.165) is 11.8 Å². The fourth-order valence-corrected chi connectivity index (χ4v) is 2.97. The molecule has 1 aromatic carbocycles. The summed E-state index contributed by atoms with van der Waals surface area (Å²) in [6.07, 6.45) is 4.05. The molecular weight excluding hydrogens is 206 g/mol. The van der Waals surface area contributed by atoms with Crippen LogP contribution in [0.1, 0.15) is 44.2 Å². The Hall–Kier alpha value is -0.980. The van der Waals surface area contributed by atoms with Crippen LogP contribution in [-0.2, 0) is 0 Å². The molecule has 1 nitrogen and oxygen atoms in total. The van der Waals surface area contributed by atoms with Crippen molar-refractivity contribution in [3.05, 3.63) is 29.3 Å². The van der Waals surface area contributed by atoms with Crippen LogP contribution in [-0.4, -0.2) is 6.04 Å². The number of benzene rings is 1. The molecule has 1 saturated carbocycles. The minimum absolute atomic E-state index is 0.659. The third-order valence-corrected chi connectivity index (χ3v) is 4.17. The monoisotopic (exact) mass is 231 g/mol. The van der Waals surface area contributed by atoms with E-state index in [-0.39, 0.29) is 0 Å². The molecule has 1 heteroatoms. The molecule has 0 spiro atoms. The van der Waals surface area contributed by atoms with Crippen LogP contribution in [0, 0.1) is 25.7 Å². The van der Waals surface area contributed by atoms with Crippen molar-refractivity contribution < 1.29 is 0 Å². The second kappa shape index (κ2) is 5.12. The molecule has 1 aliphatic rings. The molecule has 0 aliphatic heterocycles. The molecule has 1 fully saturated rings. The Morgan fingerprint density at radius 1 is 1.12 bits per heavy atom. The predicted molar refractivity (Wildman–Crippen MR) is 75.5 cm³/mol. The second-order valence-electron chi connectivity index (χ2n) is 5.96. The van der Waals surface area contributed by atoms with Gasteiger partial charge in [-0.25, -0.2) is 0 Å². The Balaban J connectivity index is 2.07. The molecule has 3 atom stereocenters. The Bertz CT molecular complexity index is 383. The highest BCUT2D eigenvalue weighted by atomic mass is 14.9. The number of aryl methyl sites for hydroxylation is 2. The number of rotatable bonds is 2. The zero-order chi connectivity index (χ0) is 12.4. The van der Waals surface area contributed by atoms with E-state index in [1.54, 1.807) is 0 Å². The maximum absolute atomic E-state index is 3.76. The van der Waals surface area contributed by atoms with Gasteiger partial charge in [-0.2, -0.15) is 0 Å². The summed E-state index contributed by atoms with van der Waals surface area (Å²) in [5, 5.41) is 3.76. The predicted octanol–water partition coefficient (Wildman–Crippen LogP) is 4.54. The first-order valence-electron chi connectivity index (χ1n) is 6.90.